The molecule has 0 saturated carbocycles. The first-order chi connectivity index (χ1) is 20.3. The Hall–Kier alpha value is -4.52. The van der Waals surface area contributed by atoms with Crippen molar-refractivity contribution in [2.24, 2.45) is 0 Å². The van der Waals surface area contributed by atoms with Crippen LogP contribution in [0.5, 0.6) is 5.75 Å². The average molecular weight is 618 g/mol. The summed E-state index contributed by atoms with van der Waals surface area (Å²) >= 11 is 0. The molecule has 0 aliphatic carbocycles. The molecule has 0 unspecified atom stereocenters. The van der Waals surface area contributed by atoms with Gasteiger partial charge in [0.25, 0.3) is 5.92 Å². The lowest BCUT2D eigenvalue weighted by atomic mass is 9.98. The van der Waals surface area contributed by atoms with Crippen molar-refractivity contribution >= 4 is 10.7 Å². The summed E-state index contributed by atoms with van der Waals surface area (Å²) in [5.74, 6) is -2.86. The number of hydrogen-bond donors (Lipinski definition) is 1. The van der Waals surface area contributed by atoms with Crippen LogP contribution in [-0.4, -0.2) is 29.3 Å². The molecule has 5 rings (SSSR count). The Morgan fingerprint density at radius 2 is 1.56 bits per heavy atom. The van der Waals surface area contributed by atoms with E-state index in [2.05, 4.69) is 14.7 Å². The highest BCUT2D eigenvalue weighted by molar-refractivity contribution is 7.72. The van der Waals surface area contributed by atoms with E-state index in [1.165, 1.54) is 42.0 Å². The molecule has 0 amide bonds. The van der Waals surface area contributed by atoms with Crippen molar-refractivity contribution in [2.45, 2.75) is 44.4 Å². The summed E-state index contributed by atoms with van der Waals surface area (Å²) in [4.78, 5) is 8.75. The van der Waals surface area contributed by atoms with Gasteiger partial charge < -0.3 is 13.7 Å². The molecule has 0 spiro atoms. The predicted molar refractivity (Wildman–Crippen MR) is 149 cm³/mol. The zero-order valence-corrected chi connectivity index (χ0v) is 23.8. The second-order valence-electron chi connectivity index (χ2n) is 9.62. The number of benzene rings is 3. The highest BCUT2D eigenvalue weighted by Crippen LogP contribution is 2.40. The van der Waals surface area contributed by atoms with Crippen LogP contribution < -0.4 is 4.74 Å². The molecule has 0 atom stereocenters. The van der Waals surface area contributed by atoms with Crippen molar-refractivity contribution in [3.8, 4) is 45.1 Å². The van der Waals surface area contributed by atoms with Crippen LogP contribution in [0.25, 0.3) is 39.4 Å². The van der Waals surface area contributed by atoms with Crippen molar-refractivity contribution in [3.63, 3.8) is 0 Å². The summed E-state index contributed by atoms with van der Waals surface area (Å²) in [6.07, 6.45) is -4.07. The number of aromatic nitrogens is 3. The zero-order valence-electron chi connectivity index (χ0n) is 22.9. The van der Waals surface area contributed by atoms with Crippen LogP contribution in [-0.2, 0) is 16.6 Å². The third-order valence-electron chi connectivity index (χ3n) is 6.69. The lowest BCUT2D eigenvalue weighted by molar-refractivity contribution is -0.274. The number of thiol groups is 1. The molecule has 5 aromatic rings. The molecule has 13 heteroatoms. The topological polar surface area (TPSA) is 87.2 Å². The van der Waals surface area contributed by atoms with Crippen molar-refractivity contribution in [1.29, 1.82) is 0 Å². The van der Waals surface area contributed by atoms with Crippen LogP contribution in [0.15, 0.2) is 82.2 Å². The lowest BCUT2D eigenvalue weighted by Crippen LogP contribution is -2.16. The minimum atomic E-state index is -4.86. The lowest BCUT2D eigenvalue weighted by Gasteiger charge is -2.14. The van der Waals surface area contributed by atoms with E-state index in [9.17, 15) is 30.4 Å². The van der Waals surface area contributed by atoms with Crippen molar-refractivity contribution in [2.75, 3.05) is 0 Å². The Kier molecular flexibility index (Phi) is 7.86. The number of imidazole rings is 1. The number of ether oxygens (including phenoxy) is 1. The third-order valence-corrected chi connectivity index (χ3v) is 7.39. The van der Waals surface area contributed by atoms with Crippen LogP contribution in [0, 0.1) is 13.8 Å². The number of alkyl halides is 5. The van der Waals surface area contributed by atoms with Gasteiger partial charge in [-0.05, 0) is 66.6 Å². The second-order valence-corrected chi connectivity index (χ2v) is 10.7. The fraction of sp³-hybridized carbons (Fsp3) is 0.200. The summed E-state index contributed by atoms with van der Waals surface area (Å²) in [7, 11) is -2.85. The molecule has 0 aliphatic heterocycles. The van der Waals surface area contributed by atoms with Crippen LogP contribution in [0.2, 0.25) is 0 Å². The summed E-state index contributed by atoms with van der Waals surface area (Å²) in [6, 6.07) is 16.4. The SMILES string of the molecule is CCC(F)(F)c1cn(-c2ccc(-c3cccc([SH](=O)=O)c3)cc2-c2nc(C)oc2-c2ccc(OC(F)(F)F)cc2)c(C)n1. The van der Waals surface area contributed by atoms with E-state index in [0.717, 1.165) is 12.1 Å². The third kappa shape index (κ3) is 6.31. The van der Waals surface area contributed by atoms with E-state index in [4.69, 9.17) is 4.42 Å². The second kappa shape index (κ2) is 11.3. The van der Waals surface area contributed by atoms with Gasteiger partial charge in [-0.3, -0.25) is 0 Å². The molecule has 224 valence electrons. The van der Waals surface area contributed by atoms with E-state index in [-0.39, 0.29) is 28.1 Å². The van der Waals surface area contributed by atoms with Gasteiger partial charge in [0.05, 0.1) is 10.6 Å². The molecule has 0 saturated heterocycles. The maximum absolute atomic E-state index is 14.6. The van der Waals surface area contributed by atoms with Gasteiger partial charge in [0.2, 0.25) is 0 Å². The molecule has 3 aromatic carbocycles. The molecule has 43 heavy (non-hydrogen) atoms. The number of oxazole rings is 1. The number of rotatable bonds is 8. The zero-order chi connectivity index (χ0) is 31.1. The van der Waals surface area contributed by atoms with E-state index in [1.807, 2.05) is 0 Å². The van der Waals surface area contributed by atoms with Gasteiger partial charge in [0.1, 0.15) is 23.0 Å². The van der Waals surface area contributed by atoms with Gasteiger partial charge >= 0.3 is 6.36 Å². The Morgan fingerprint density at radius 3 is 2.21 bits per heavy atom. The molecule has 0 bridgehead atoms. The number of halogens is 5. The Bertz CT molecular complexity index is 1870. The first-order valence-electron chi connectivity index (χ1n) is 12.9. The molecule has 0 fully saturated rings. The van der Waals surface area contributed by atoms with Crippen LogP contribution in [0.4, 0.5) is 22.0 Å². The summed E-state index contributed by atoms with van der Waals surface area (Å²) in [6.45, 7) is 4.53. The monoisotopic (exact) mass is 617 g/mol. The quantitative estimate of drug-likeness (QED) is 0.141. The first kappa shape index (κ1) is 30.0. The maximum atomic E-state index is 14.6. The Morgan fingerprint density at radius 1 is 0.884 bits per heavy atom. The van der Waals surface area contributed by atoms with Gasteiger partial charge in [0, 0.05) is 30.7 Å². The average Bonchev–Trinajstić information content (AvgIpc) is 3.55. The fourth-order valence-electron chi connectivity index (χ4n) is 4.60. The van der Waals surface area contributed by atoms with Crippen molar-refractivity contribution < 1.29 is 39.5 Å². The molecule has 0 N–H and O–H groups in total. The van der Waals surface area contributed by atoms with Crippen molar-refractivity contribution in [3.05, 3.63) is 90.3 Å². The van der Waals surface area contributed by atoms with Gasteiger partial charge in [-0.2, -0.15) is 8.78 Å². The Balaban J connectivity index is 1.71. The van der Waals surface area contributed by atoms with Crippen LogP contribution in [0.1, 0.15) is 30.8 Å². The molecule has 7 nitrogen and oxygen atoms in total. The van der Waals surface area contributed by atoms with Crippen LogP contribution >= 0.6 is 0 Å². The smallest absolute Gasteiger partial charge is 0.440 e. The van der Waals surface area contributed by atoms with Gasteiger partial charge in [0.15, 0.2) is 22.4 Å². The highest BCUT2D eigenvalue weighted by atomic mass is 32.2. The largest absolute Gasteiger partial charge is 0.573 e. The van der Waals surface area contributed by atoms with Crippen LogP contribution in [0.3, 0.4) is 0 Å². The maximum Gasteiger partial charge on any atom is 0.573 e. The minimum Gasteiger partial charge on any atom is -0.440 e. The summed E-state index contributed by atoms with van der Waals surface area (Å²) in [5, 5.41) is 0. The van der Waals surface area contributed by atoms with E-state index in [1.54, 1.807) is 44.2 Å². The fourth-order valence-corrected chi connectivity index (χ4v) is 5.05. The van der Waals surface area contributed by atoms with E-state index in [0.29, 0.717) is 27.9 Å². The van der Waals surface area contributed by atoms with Gasteiger partial charge in [-0.1, -0.05) is 25.1 Å². The first-order valence-corrected chi connectivity index (χ1v) is 14.1. The van der Waals surface area contributed by atoms with Gasteiger partial charge in [-0.25, -0.2) is 18.4 Å². The Labute approximate surface area is 244 Å². The predicted octanol–water partition coefficient (Wildman–Crippen LogP) is 7.85. The molecule has 2 heterocycles. The van der Waals surface area contributed by atoms with Crippen molar-refractivity contribution in [1.82, 2.24) is 14.5 Å². The highest BCUT2D eigenvalue weighted by Gasteiger charge is 2.33. The standard InChI is InChI=1S/C30H24F5N3O4S/c1-4-29(31,32)26-16-38(17(2)36-26)25-13-10-21(20-6-5-7-23(14-20)43(39)40)15-24(25)27-28(41-18(3)37-27)19-8-11-22(12-9-19)42-30(33,34)35/h5-16,43H,4H2,1-3H3. The number of nitrogens with zero attached hydrogens (tertiary/aromatic N) is 3. The minimum absolute atomic E-state index is 0.106. The summed E-state index contributed by atoms with van der Waals surface area (Å²) in [5.41, 5.74) is 2.25. The van der Waals surface area contributed by atoms with E-state index < -0.39 is 40.9 Å². The number of hydrogen-bond acceptors (Lipinski definition) is 6. The van der Waals surface area contributed by atoms with Gasteiger partial charge in [-0.15, -0.1) is 13.2 Å². The molecule has 2 aromatic heterocycles. The summed E-state index contributed by atoms with van der Waals surface area (Å²) < 4.78 is 102. The normalized spacial score (nSPS) is 12.2. The molecule has 0 radical (unpaired) electrons. The number of aryl methyl sites for hydroxylation is 2. The molecular weight excluding hydrogens is 593 g/mol. The molecule has 0 aliphatic rings. The molecular formula is C30H24F5N3O4S. The van der Waals surface area contributed by atoms with E-state index >= 15 is 0 Å².